The molecule has 0 atom stereocenters. The third kappa shape index (κ3) is 2.92. The highest BCUT2D eigenvalue weighted by atomic mass is 19.1. The maximum absolute atomic E-state index is 13.5. The zero-order valence-corrected chi connectivity index (χ0v) is 11.2. The van der Waals surface area contributed by atoms with E-state index in [-0.39, 0.29) is 18.0 Å². The third-order valence-corrected chi connectivity index (χ3v) is 3.27. The number of aromatic nitrogens is 1. The molecule has 0 spiro atoms. The van der Waals surface area contributed by atoms with Crippen molar-refractivity contribution in [2.75, 3.05) is 0 Å². The minimum Gasteiger partial charge on any atom is -0.477 e. The van der Waals surface area contributed by atoms with Crippen molar-refractivity contribution < 1.29 is 14.3 Å². The lowest BCUT2D eigenvalue weighted by molar-refractivity contribution is 0.0694. The lowest BCUT2D eigenvalue weighted by Gasteiger charge is -2.14. The standard InChI is InChI=1S/C15H13FN2O3/c1-2-9(16)7-11-13(5-6-17)18(10-3-4-10)8-12(14(11)19)15(20)21/h2,7-8,10H,1,3-5H2,(H,20,21)/b9-7+. The molecule has 0 unspecified atom stereocenters. The molecule has 108 valence electrons. The molecule has 1 saturated carbocycles. The number of hydrogen-bond acceptors (Lipinski definition) is 3. The van der Waals surface area contributed by atoms with Crippen LogP contribution >= 0.6 is 0 Å². The highest BCUT2D eigenvalue weighted by molar-refractivity contribution is 5.88. The van der Waals surface area contributed by atoms with E-state index >= 15 is 0 Å². The van der Waals surface area contributed by atoms with Crippen molar-refractivity contribution >= 4 is 12.0 Å². The second-order valence-electron chi connectivity index (χ2n) is 4.74. The minimum absolute atomic E-state index is 0.0611. The first-order chi connectivity index (χ1) is 9.99. The summed E-state index contributed by atoms with van der Waals surface area (Å²) in [6, 6.07) is 1.99. The first-order valence-electron chi connectivity index (χ1n) is 6.37. The zero-order valence-electron chi connectivity index (χ0n) is 11.2. The first-order valence-corrected chi connectivity index (χ1v) is 6.37. The minimum atomic E-state index is -1.37. The second kappa shape index (κ2) is 5.75. The highest BCUT2D eigenvalue weighted by Gasteiger charge is 2.28. The fourth-order valence-corrected chi connectivity index (χ4v) is 2.13. The molecule has 5 nitrogen and oxygen atoms in total. The van der Waals surface area contributed by atoms with E-state index in [0.29, 0.717) is 5.69 Å². The number of allylic oxidation sites excluding steroid dienone is 2. The van der Waals surface area contributed by atoms with Crippen molar-refractivity contribution in [3.05, 3.63) is 51.7 Å². The van der Waals surface area contributed by atoms with E-state index in [0.717, 1.165) is 25.0 Å². The van der Waals surface area contributed by atoms with Gasteiger partial charge in [0.2, 0.25) is 5.43 Å². The lowest BCUT2D eigenvalue weighted by Crippen LogP contribution is -2.24. The van der Waals surface area contributed by atoms with Gasteiger partial charge < -0.3 is 9.67 Å². The van der Waals surface area contributed by atoms with Crippen LogP contribution in [0.1, 0.15) is 40.5 Å². The van der Waals surface area contributed by atoms with Crippen LogP contribution in [-0.2, 0) is 6.42 Å². The van der Waals surface area contributed by atoms with Crippen LogP contribution in [0, 0.1) is 11.3 Å². The van der Waals surface area contributed by atoms with Crippen molar-refractivity contribution in [2.24, 2.45) is 0 Å². The van der Waals surface area contributed by atoms with Crippen molar-refractivity contribution in [2.45, 2.75) is 25.3 Å². The summed E-state index contributed by atoms with van der Waals surface area (Å²) in [7, 11) is 0. The van der Waals surface area contributed by atoms with Crippen LogP contribution in [0.5, 0.6) is 0 Å². The van der Waals surface area contributed by atoms with Crippen LogP contribution in [0.3, 0.4) is 0 Å². The Labute approximate surface area is 120 Å². The quantitative estimate of drug-likeness (QED) is 0.843. The van der Waals surface area contributed by atoms with Gasteiger partial charge in [0, 0.05) is 23.5 Å². The molecular weight excluding hydrogens is 275 g/mol. The van der Waals surface area contributed by atoms with E-state index in [1.165, 1.54) is 6.20 Å². The maximum Gasteiger partial charge on any atom is 0.341 e. The number of rotatable bonds is 5. The predicted molar refractivity (Wildman–Crippen MR) is 74.5 cm³/mol. The molecular formula is C15H13FN2O3. The molecule has 0 aliphatic heterocycles. The summed E-state index contributed by atoms with van der Waals surface area (Å²) in [5.74, 6) is -2.12. The summed E-state index contributed by atoms with van der Waals surface area (Å²) in [5.41, 5.74) is -0.971. The Morgan fingerprint density at radius 1 is 1.62 bits per heavy atom. The van der Waals surface area contributed by atoms with E-state index in [9.17, 15) is 14.0 Å². The number of nitrogens with zero attached hydrogens (tertiary/aromatic N) is 2. The molecule has 21 heavy (non-hydrogen) atoms. The molecule has 1 aromatic heterocycles. The van der Waals surface area contributed by atoms with Gasteiger partial charge >= 0.3 is 5.97 Å². The van der Waals surface area contributed by atoms with Gasteiger partial charge in [-0.3, -0.25) is 4.79 Å². The molecule has 0 radical (unpaired) electrons. The van der Waals surface area contributed by atoms with Gasteiger partial charge in [-0.25, -0.2) is 9.18 Å². The molecule has 1 fully saturated rings. The topological polar surface area (TPSA) is 83.1 Å². The number of pyridine rings is 1. The van der Waals surface area contributed by atoms with Gasteiger partial charge in [0.1, 0.15) is 11.4 Å². The van der Waals surface area contributed by atoms with Crippen molar-refractivity contribution in [1.82, 2.24) is 4.57 Å². The van der Waals surface area contributed by atoms with Crippen LogP contribution in [0.4, 0.5) is 4.39 Å². The Morgan fingerprint density at radius 2 is 2.29 bits per heavy atom. The van der Waals surface area contributed by atoms with E-state index in [4.69, 9.17) is 10.4 Å². The fourth-order valence-electron chi connectivity index (χ4n) is 2.13. The van der Waals surface area contributed by atoms with E-state index < -0.39 is 22.8 Å². The van der Waals surface area contributed by atoms with Gasteiger partial charge in [0.05, 0.1) is 12.5 Å². The smallest absolute Gasteiger partial charge is 0.341 e. The summed E-state index contributed by atoms with van der Waals surface area (Å²) < 4.78 is 15.1. The number of nitriles is 1. The summed E-state index contributed by atoms with van der Waals surface area (Å²) in [5, 5.41) is 18.0. The maximum atomic E-state index is 13.5. The monoisotopic (exact) mass is 288 g/mol. The number of halogens is 1. The SMILES string of the molecule is C=C/C(F)=C\c1c(CC#N)n(C2CC2)cc(C(=O)O)c1=O. The Bertz CT molecular complexity index is 737. The average molecular weight is 288 g/mol. The number of aromatic carboxylic acids is 1. The van der Waals surface area contributed by atoms with Crippen LogP contribution in [0.25, 0.3) is 6.08 Å². The van der Waals surface area contributed by atoms with Gasteiger partial charge in [-0.2, -0.15) is 5.26 Å². The van der Waals surface area contributed by atoms with Gasteiger partial charge in [-0.15, -0.1) is 0 Å². The van der Waals surface area contributed by atoms with E-state index in [2.05, 4.69) is 6.58 Å². The molecule has 2 rings (SSSR count). The van der Waals surface area contributed by atoms with Crippen LogP contribution in [0.15, 0.2) is 29.5 Å². The van der Waals surface area contributed by atoms with E-state index in [1.807, 2.05) is 6.07 Å². The lowest BCUT2D eigenvalue weighted by atomic mass is 10.1. The molecule has 0 bridgehead atoms. The predicted octanol–water partition coefficient (Wildman–Crippen LogP) is 2.44. The summed E-state index contributed by atoms with van der Waals surface area (Å²) >= 11 is 0. The third-order valence-electron chi connectivity index (χ3n) is 3.27. The van der Waals surface area contributed by atoms with Gasteiger partial charge in [0.25, 0.3) is 0 Å². The molecule has 0 amide bonds. The van der Waals surface area contributed by atoms with Crippen LogP contribution in [-0.4, -0.2) is 15.6 Å². The Balaban J connectivity index is 2.79. The number of hydrogen-bond donors (Lipinski definition) is 1. The summed E-state index contributed by atoms with van der Waals surface area (Å²) in [6.07, 6.45) is 4.69. The van der Waals surface area contributed by atoms with Crippen LogP contribution < -0.4 is 5.43 Å². The molecule has 1 aromatic rings. The molecule has 1 heterocycles. The Morgan fingerprint density at radius 3 is 2.76 bits per heavy atom. The fraction of sp³-hybridized carbons (Fsp3) is 0.267. The highest BCUT2D eigenvalue weighted by Crippen LogP contribution is 2.36. The van der Waals surface area contributed by atoms with Gasteiger partial charge in [-0.05, 0) is 25.0 Å². The Hall–Kier alpha value is -2.68. The van der Waals surface area contributed by atoms with Gasteiger partial charge in [-0.1, -0.05) is 6.58 Å². The molecule has 6 heteroatoms. The molecule has 1 N–H and O–H groups in total. The number of carbonyl (C=O) groups is 1. The molecule has 1 aliphatic rings. The van der Waals surface area contributed by atoms with E-state index in [1.54, 1.807) is 4.57 Å². The van der Waals surface area contributed by atoms with Crippen molar-refractivity contribution in [3.8, 4) is 6.07 Å². The van der Waals surface area contributed by atoms with Gasteiger partial charge in [0.15, 0.2) is 0 Å². The number of carboxylic acids is 1. The van der Waals surface area contributed by atoms with Crippen molar-refractivity contribution in [1.29, 1.82) is 5.26 Å². The van der Waals surface area contributed by atoms with Crippen LogP contribution in [0.2, 0.25) is 0 Å². The largest absolute Gasteiger partial charge is 0.477 e. The zero-order chi connectivity index (χ0) is 15.6. The molecule has 1 aliphatic carbocycles. The normalized spacial score (nSPS) is 14.6. The molecule has 0 aromatic carbocycles. The molecule has 0 saturated heterocycles. The van der Waals surface area contributed by atoms with Crippen molar-refractivity contribution in [3.63, 3.8) is 0 Å². The second-order valence-corrected chi connectivity index (χ2v) is 4.74. The summed E-state index contributed by atoms with van der Waals surface area (Å²) in [4.78, 5) is 23.4. The first kappa shape index (κ1) is 14.7. The number of carboxylic acid groups (broad SMARTS) is 1. The summed E-state index contributed by atoms with van der Waals surface area (Å²) in [6.45, 7) is 3.26. The Kier molecular flexibility index (Phi) is 4.03. The average Bonchev–Trinajstić information content (AvgIpc) is 3.27.